The summed E-state index contributed by atoms with van der Waals surface area (Å²) in [6.07, 6.45) is 4.48. The van der Waals surface area contributed by atoms with Gasteiger partial charge in [0.25, 0.3) is 0 Å². The monoisotopic (exact) mass is 481 g/mol. The molecule has 0 atom stereocenters. The van der Waals surface area contributed by atoms with Gasteiger partial charge in [-0.05, 0) is 64.7 Å². The molecule has 0 radical (unpaired) electrons. The van der Waals surface area contributed by atoms with Crippen LogP contribution >= 0.6 is 0 Å². The first-order chi connectivity index (χ1) is 15.5. The lowest BCUT2D eigenvalue weighted by atomic mass is 9.93. The van der Waals surface area contributed by atoms with Crippen molar-refractivity contribution >= 4 is 15.9 Å². The topological polar surface area (TPSA) is 117 Å². The summed E-state index contributed by atoms with van der Waals surface area (Å²) in [5.41, 5.74) is 0.491. The van der Waals surface area contributed by atoms with Crippen LogP contribution in [-0.2, 0) is 14.6 Å². The third kappa shape index (κ3) is 6.77. The SMILES string of the molecule is Cc1c(Oc2ccc(S(C)(=O)=O)cc2F)ncnc1O[C@H]1CC[C@H](NC(=O)OC(C)C)CC1. The van der Waals surface area contributed by atoms with Gasteiger partial charge in [-0.3, -0.25) is 0 Å². The van der Waals surface area contributed by atoms with E-state index in [1.807, 2.05) is 0 Å². The van der Waals surface area contributed by atoms with Crippen molar-refractivity contribution in [3.63, 3.8) is 0 Å². The van der Waals surface area contributed by atoms with Crippen molar-refractivity contribution < 1.29 is 31.8 Å². The predicted octanol–water partition coefficient (Wildman–Crippen LogP) is 3.94. The molecule has 33 heavy (non-hydrogen) atoms. The van der Waals surface area contributed by atoms with E-state index < -0.39 is 21.7 Å². The van der Waals surface area contributed by atoms with Crippen LogP contribution in [0.2, 0.25) is 0 Å². The van der Waals surface area contributed by atoms with Gasteiger partial charge < -0.3 is 19.5 Å². The average molecular weight is 482 g/mol. The molecule has 0 unspecified atom stereocenters. The molecule has 1 amide bonds. The van der Waals surface area contributed by atoms with Crippen LogP contribution < -0.4 is 14.8 Å². The Bertz CT molecular complexity index is 1100. The van der Waals surface area contributed by atoms with Crippen LogP contribution in [0.15, 0.2) is 29.4 Å². The molecule has 1 aliphatic rings. The quantitative estimate of drug-likeness (QED) is 0.632. The molecule has 1 aromatic heterocycles. The van der Waals surface area contributed by atoms with Crippen molar-refractivity contribution in [2.75, 3.05) is 6.26 Å². The molecule has 11 heteroatoms. The second kappa shape index (κ2) is 10.3. The number of nitrogens with one attached hydrogen (secondary N) is 1. The Labute approximate surface area is 192 Å². The molecular formula is C22H28FN3O6S. The molecule has 2 aromatic rings. The Balaban J connectivity index is 1.62. The van der Waals surface area contributed by atoms with Crippen molar-refractivity contribution in [3.8, 4) is 17.5 Å². The third-order valence-corrected chi connectivity index (χ3v) is 6.26. The van der Waals surface area contributed by atoms with E-state index in [0.717, 1.165) is 25.2 Å². The van der Waals surface area contributed by atoms with Gasteiger partial charge in [0.05, 0.1) is 16.6 Å². The van der Waals surface area contributed by atoms with E-state index in [1.165, 1.54) is 18.5 Å². The van der Waals surface area contributed by atoms with Crippen LogP contribution in [-0.4, -0.2) is 49.0 Å². The summed E-state index contributed by atoms with van der Waals surface area (Å²) in [6.45, 7) is 5.29. The van der Waals surface area contributed by atoms with Crippen molar-refractivity contribution in [3.05, 3.63) is 35.9 Å². The number of aromatic nitrogens is 2. The van der Waals surface area contributed by atoms with Gasteiger partial charge in [0.1, 0.15) is 12.4 Å². The molecule has 1 aliphatic carbocycles. The van der Waals surface area contributed by atoms with E-state index in [0.29, 0.717) is 24.3 Å². The molecule has 1 aromatic carbocycles. The Morgan fingerprint density at radius 1 is 1.15 bits per heavy atom. The Hall–Kier alpha value is -2.95. The number of hydrogen-bond donors (Lipinski definition) is 1. The van der Waals surface area contributed by atoms with Gasteiger partial charge in [-0.2, -0.15) is 0 Å². The van der Waals surface area contributed by atoms with Crippen molar-refractivity contribution in [2.24, 2.45) is 0 Å². The number of alkyl carbamates (subject to hydrolysis) is 1. The van der Waals surface area contributed by atoms with Gasteiger partial charge in [0.15, 0.2) is 21.4 Å². The number of benzene rings is 1. The molecule has 9 nitrogen and oxygen atoms in total. The first-order valence-corrected chi connectivity index (χ1v) is 12.5. The Morgan fingerprint density at radius 3 is 2.42 bits per heavy atom. The number of carbonyl (C=O) groups is 1. The molecule has 1 heterocycles. The minimum Gasteiger partial charge on any atom is -0.474 e. The normalized spacial score (nSPS) is 18.6. The first-order valence-electron chi connectivity index (χ1n) is 10.7. The number of amides is 1. The number of nitrogens with zero attached hydrogens (tertiary/aromatic N) is 2. The Morgan fingerprint density at radius 2 is 1.82 bits per heavy atom. The molecule has 1 saturated carbocycles. The van der Waals surface area contributed by atoms with Gasteiger partial charge in [0, 0.05) is 12.3 Å². The van der Waals surface area contributed by atoms with Gasteiger partial charge in [0.2, 0.25) is 11.8 Å². The highest BCUT2D eigenvalue weighted by Crippen LogP contribution is 2.32. The smallest absolute Gasteiger partial charge is 0.407 e. The minimum absolute atomic E-state index is 0.0272. The maximum absolute atomic E-state index is 14.4. The molecule has 0 spiro atoms. The fourth-order valence-corrected chi connectivity index (χ4v) is 4.07. The number of sulfone groups is 1. The molecule has 0 bridgehead atoms. The summed E-state index contributed by atoms with van der Waals surface area (Å²) in [6, 6.07) is 3.44. The highest BCUT2D eigenvalue weighted by atomic mass is 32.2. The van der Waals surface area contributed by atoms with Crippen LogP contribution in [0.5, 0.6) is 17.5 Å². The lowest BCUT2D eigenvalue weighted by Crippen LogP contribution is -2.40. The average Bonchev–Trinajstić information content (AvgIpc) is 2.72. The van der Waals surface area contributed by atoms with Gasteiger partial charge in [-0.1, -0.05) is 0 Å². The zero-order chi connectivity index (χ0) is 24.2. The van der Waals surface area contributed by atoms with Crippen molar-refractivity contribution in [1.82, 2.24) is 15.3 Å². The second-order valence-corrected chi connectivity index (χ2v) is 10.3. The summed E-state index contributed by atoms with van der Waals surface area (Å²) in [4.78, 5) is 19.8. The van der Waals surface area contributed by atoms with Crippen molar-refractivity contribution in [1.29, 1.82) is 0 Å². The maximum atomic E-state index is 14.4. The number of carbonyl (C=O) groups excluding carboxylic acids is 1. The lowest BCUT2D eigenvalue weighted by Gasteiger charge is -2.29. The first kappa shape index (κ1) is 24.7. The van der Waals surface area contributed by atoms with Crippen molar-refractivity contribution in [2.45, 2.75) is 69.6 Å². The lowest BCUT2D eigenvalue weighted by molar-refractivity contribution is 0.0994. The molecule has 0 saturated heterocycles. The van der Waals surface area contributed by atoms with Gasteiger partial charge >= 0.3 is 6.09 Å². The standard InChI is InChI=1S/C22H28FN3O6S/c1-13(2)30-22(27)26-15-5-7-16(8-6-15)31-20-14(3)21(25-12-24-20)32-19-10-9-17(11-18(19)23)33(4,28)29/h9-13,15-16H,5-8H2,1-4H3,(H,26,27)/t15-,16-. The van der Waals surface area contributed by atoms with Gasteiger partial charge in [-0.25, -0.2) is 27.6 Å². The van der Waals surface area contributed by atoms with E-state index in [-0.39, 0.29) is 34.8 Å². The van der Waals surface area contributed by atoms with Crippen LogP contribution in [0.25, 0.3) is 0 Å². The third-order valence-electron chi connectivity index (χ3n) is 5.15. The summed E-state index contributed by atoms with van der Waals surface area (Å²) >= 11 is 0. The van der Waals surface area contributed by atoms with Crippen LogP contribution in [0.4, 0.5) is 9.18 Å². The molecule has 3 rings (SSSR count). The van der Waals surface area contributed by atoms with E-state index >= 15 is 0 Å². The van der Waals surface area contributed by atoms with E-state index in [1.54, 1.807) is 20.8 Å². The summed E-state index contributed by atoms with van der Waals surface area (Å²) < 4.78 is 54.2. The highest BCUT2D eigenvalue weighted by molar-refractivity contribution is 7.90. The molecule has 180 valence electrons. The largest absolute Gasteiger partial charge is 0.474 e. The predicted molar refractivity (Wildman–Crippen MR) is 118 cm³/mol. The zero-order valence-corrected chi connectivity index (χ0v) is 19.8. The molecular weight excluding hydrogens is 453 g/mol. The molecule has 0 aliphatic heterocycles. The fraction of sp³-hybridized carbons (Fsp3) is 0.500. The summed E-state index contributed by atoms with van der Waals surface area (Å²) in [7, 11) is -3.53. The summed E-state index contributed by atoms with van der Waals surface area (Å²) in [5.74, 6) is -0.545. The van der Waals surface area contributed by atoms with E-state index in [4.69, 9.17) is 14.2 Å². The number of halogens is 1. The second-order valence-electron chi connectivity index (χ2n) is 8.27. The number of rotatable bonds is 7. The minimum atomic E-state index is -3.53. The molecule has 1 N–H and O–H groups in total. The van der Waals surface area contributed by atoms with E-state index in [9.17, 15) is 17.6 Å². The van der Waals surface area contributed by atoms with Crippen LogP contribution in [0.3, 0.4) is 0 Å². The Kier molecular flexibility index (Phi) is 7.72. The maximum Gasteiger partial charge on any atom is 0.407 e. The van der Waals surface area contributed by atoms with Crippen LogP contribution in [0, 0.1) is 12.7 Å². The zero-order valence-electron chi connectivity index (χ0n) is 19.0. The fourth-order valence-electron chi connectivity index (χ4n) is 3.44. The number of ether oxygens (including phenoxy) is 3. The molecule has 1 fully saturated rings. The number of hydrogen-bond acceptors (Lipinski definition) is 8. The van der Waals surface area contributed by atoms with Crippen LogP contribution in [0.1, 0.15) is 45.1 Å². The van der Waals surface area contributed by atoms with Gasteiger partial charge in [-0.15, -0.1) is 0 Å². The highest BCUT2D eigenvalue weighted by Gasteiger charge is 2.26. The van der Waals surface area contributed by atoms with E-state index in [2.05, 4.69) is 15.3 Å². The summed E-state index contributed by atoms with van der Waals surface area (Å²) in [5, 5.41) is 2.87.